The van der Waals surface area contributed by atoms with Gasteiger partial charge in [-0.25, -0.2) is 0 Å². The Labute approximate surface area is 131 Å². The Morgan fingerprint density at radius 2 is 2.09 bits per heavy atom. The van der Waals surface area contributed by atoms with Crippen LogP contribution in [-0.4, -0.2) is 42.6 Å². The van der Waals surface area contributed by atoms with Crippen LogP contribution in [0.15, 0.2) is 18.2 Å². The molecule has 0 unspecified atom stereocenters. The van der Waals surface area contributed by atoms with Crippen LogP contribution < -0.4 is 15.8 Å². The number of benzene rings is 1. The Hall–Kier alpha value is -1.59. The first-order valence-electron chi connectivity index (χ1n) is 8.13. The van der Waals surface area contributed by atoms with E-state index in [0.717, 1.165) is 36.4 Å². The summed E-state index contributed by atoms with van der Waals surface area (Å²) in [6, 6.07) is 5.74. The summed E-state index contributed by atoms with van der Waals surface area (Å²) in [5, 5.41) is 2.89. The molecule has 2 fully saturated rings. The molecule has 3 rings (SSSR count). The first-order valence-corrected chi connectivity index (χ1v) is 8.13. The lowest BCUT2D eigenvalue weighted by Crippen LogP contribution is -2.37. The van der Waals surface area contributed by atoms with Gasteiger partial charge in [0.1, 0.15) is 12.4 Å². The highest BCUT2D eigenvalue weighted by atomic mass is 16.5. The maximum absolute atomic E-state index is 11.9. The normalized spacial score (nSPS) is 19.9. The van der Waals surface area contributed by atoms with Gasteiger partial charge in [0.25, 0.3) is 0 Å². The summed E-state index contributed by atoms with van der Waals surface area (Å²) in [6.07, 6.45) is 4.15. The molecular formula is C17H25N3O2. The van der Waals surface area contributed by atoms with Crippen LogP contribution in [0.5, 0.6) is 5.75 Å². The fourth-order valence-corrected chi connectivity index (χ4v) is 2.80. The summed E-state index contributed by atoms with van der Waals surface area (Å²) in [7, 11) is 0. The zero-order valence-electron chi connectivity index (χ0n) is 13.2. The molecule has 1 saturated heterocycles. The number of amides is 1. The molecule has 0 bridgehead atoms. The molecule has 120 valence electrons. The minimum absolute atomic E-state index is 0.0883. The number of likely N-dealkylation sites (tertiary alicyclic amines) is 1. The van der Waals surface area contributed by atoms with Crippen LogP contribution in [0.2, 0.25) is 0 Å². The van der Waals surface area contributed by atoms with Crippen LogP contribution in [0.25, 0.3) is 0 Å². The molecule has 1 aliphatic heterocycles. The third-order valence-corrected chi connectivity index (χ3v) is 4.54. The Morgan fingerprint density at radius 3 is 2.73 bits per heavy atom. The van der Waals surface area contributed by atoms with Crippen molar-refractivity contribution in [3.8, 4) is 5.75 Å². The number of hydrogen-bond donors (Lipinski definition) is 2. The van der Waals surface area contributed by atoms with E-state index in [4.69, 9.17) is 10.5 Å². The molecule has 5 heteroatoms. The van der Waals surface area contributed by atoms with Gasteiger partial charge in [0.2, 0.25) is 5.91 Å². The van der Waals surface area contributed by atoms with Gasteiger partial charge >= 0.3 is 0 Å². The van der Waals surface area contributed by atoms with Gasteiger partial charge in [-0.05, 0) is 69.5 Å². The zero-order valence-corrected chi connectivity index (χ0v) is 13.2. The van der Waals surface area contributed by atoms with Crippen LogP contribution in [0.3, 0.4) is 0 Å². The van der Waals surface area contributed by atoms with Crippen molar-refractivity contribution in [3.05, 3.63) is 23.8 Å². The molecule has 1 aromatic rings. The summed E-state index contributed by atoms with van der Waals surface area (Å²) in [6.45, 7) is 6.06. The third kappa shape index (κ3) is 3.59. The van der Waals surface area contributed by atoms with Gasteiger partial charge in [0.05, 0.1) is 5.54 Å². The zero-order chi connectivity index (χ0) is 15.6. The van der Waals surface area contributed by atoms with Gasteiger partial charge in [0, 0.05) is 12.2 Å². The van der Waals surface area contributed by atoms with Crippen molar-refractivity contribution in [2.45, 2.75) is 38.1 Å². The first-order chi connectivity index (χ1) is 10.6. The molecule has 5 nitrogen and oxygen atoms in total. The molecule has 1 heterocycles. The van der Waals surface area contributed by atoms with E-state index in [-0.39, 0.29) is 5.91 Å². The molecule has 1 aromatic carbocycles. The summed E-state index contributed by atoms with van der Waals surface area (Å²) < 4.78 is 5.86. The molecule has 1 aliphatic carbocycles. The Balaban J connectivity index is 1.51. The number of ether oxygens (including phenoxy) is 1. The Kier molecular flexibility index (Phi) is 4.36. The summed E-state index contributed by atoms with van der Waals surface area (Å²) in [5.74, 6) is 0.792. The average molecular weight is 303 g/mol. The summed E-state index contributed by atoms with van der Waals surface area (Å²) in [5.41, 5.74) is 7.06. The lowest BCUT2D eigenvalue weighted by Gasteiger charge is -2.16. The second-order valence-electron chi connectivity index (χ2n) is 6.49. The van der Waals surface area contributed by atoms with Gasteiger partial charge in [-0.1, -0.05) is 0 Å². The van der Waals surface area contributed by atoms with Crippen LogP contribution in [0.4, 0.5) is 5.69 Å². The molecule has 0 aromatic heterocycles. The first kappa shape index (κ1) is 15.3. The van der Waals surface area contributed by atoms with E-state index in [2.05, 4.69) is 10.2 Å². The molecule has 0 spiro atoms. The van der Waals surface area contributed by atoms with Crippen molar-refractivity contribution in [2.75, 3.05) is 31.6 Å². The van der Waals surface area contributed by atoms with Crippen molar-refractivity contribution < 1.29 is 9.53 Å². The van der Waals surface area contributed by atoms with E-state index < -0.39 is 5.54 Å². The molecule has 3 N–H and O–H groups in total. The van der Waals surface area contributed by atoms with Crippen molar-refractivity contribution >= 4 is 11.6 Å². The highest BCUT2D eigenvalue weighted by Crippen LogP contribution is 2.33. The molecular weight excluding hydrogens is 278 g/mol. The number of aryl methyl sites for hydroxylation is 1. The predicted octanol–water partition coefficient (Wildman–Crippen LogP) is 1.90. The van der Waals surface area contributed by atoms with Crippen LogP contribution in [0.1, 0.15) is 31.2 Å². The summed E-state index contributed by atoms with van der Waals surface area (Å²) in [4.78, 5) is 14.4. The number of carbonyl (C=O) groups is 1. The highest BCUT2D eigenvalue weighted by Gasteiger charge is 2.45. The predicted molar refractivity (Wildman–Crippen MR) is 87.1 cm³/mol. The van der Waals surface area contributed by atoms with Gasteiger partial charge in [-0.15, -0.1) is 0 Å². The Morgan fingerprint density at radius 1 is 1.36 bits per heavy atom. The second-order valence-corrected chi connectivity index (χ2v) is 6.49. The van der Waals surface area contributed by atoms with Gasteiger partial charge < -0.3 is 15.8 Å². The minimum atomic E-state index is -0.640. The molecule has 22 heavy (non-hydrogen) atoms. The van der Waals surface area contributed by atoms with Crippen molar-refractivity contribution in [3.63, 3.8) is 0 Å². The maximum atomic E-state index is 11.9. The van der Waals surface area contributed by atoms with E-state index in [1.807, 2.05) is 25.1 Å². The van der Waals surface area contributed by atoms with Crippen molar-refractivity contribution in [1.82, 2.24) is 4.90 Å². The molecule has 0 atom stereocenters. The second kappa shape index (κ2) is 6.26. The largest absolute Gasteiger partial charge is 0.492 e. The van der Waals surface area contributed by atoms with E-state index >= 15 is 0 Å². The van der Waals surface area contributed by atoms with Crippen molar-refractivity contribution in [2.24, 2.45) is 5.73 Å². The molecule has 2 aliphatic rings. The minimum Gasteiger partial charge on any atom is -0.492 e. The van der Waals surface area contributed by atoms with E-state index in [1.165, 1.54) is 25.9 Å². The SMILES string of the molecule is Cc1cc(NC(=O)C2(N)CC2)ccc1OCCN1CCCC1. The lowest BCUT2D eigenvalue weighted by molar-refractivity contribution is -0.118. The fourth-order valence-electron chi connectivity index (χ4n) is 2.80. The fraction of sp³-hybridized carbons (Fsp3) is 0.588. The van der Waals surface area contributed by atoms with Gasteiger partial charge in [0.15, 0.2) is 0 Å². The number of hydrogen-bond acceptors (Lipinski definition) is 4. The van der Waals surface area contributed by atoms with E-state index in [1.54, 1.807) is 0 Å². The standard InChI is InChI=1S/C17H25N3O2/c1-13-12-14(19-16(21)17(18)6-7-17)4-5-15(13)22-11-10-20-8-2-3-9-20/h4-5,12H,2-3,6-11,18H2,1H3,(H,19,21). The van der Waals surface area contributed by atoms with Crippen molar-refractivity contribution in [1.29, 1.82) is 0 Å². The molecule has 1 amide bonds. The number of rotatable bonds is 6. The number of nitrogens with one attached hydrogen (secondary N) is 1. The number of nitrogens with zero attached hydrogens (tertiary/aromatic N) is 1. The van der Waals surface area contributed by atoms with Crippen LogP contribution >= 0.6 is 0 Å². The monoisotopic (exact) mass is 303 g/mol. The van der Waals surface area contributed by atoms with E-state index in [0.29, 0.717) is 6.61 Å². The number of anilines is 1. The van der Waals surface area contributed by atoms with Gasteiger partial charge in [-0.3, -0.25) is 9.69 Å². The molecule has 0 radical (unpaired) electrons. The average Bonchev–Trinajstić information content (AvgIpc) is 3.04. The Bertz CT molecular complexity index is 549. The number of nitrogens with two attached hydrogens (primary N) is 1. The van der Waals surface area contributed by atoms with Gasteiger partial charge in [-0.2, -0.15) is 0 Å². The lowest BCUT2D eigenvalue weighted by atomic mass is 10.2. The van der Waals surface area contributed by atoms with E-state index in [9.17, 15) is 4.79 Å². The topological polar surface area (TPSA) is 67.6 Å². The smallest absolute Gasteiger partial charge is 0.244 e. The third-order valence-electron chi connectivity index (χ3n) is 4.54. The number of carbonyl (C=O) groups excluding carboxylic acids is 1. The summed E-state index contributed by atoms with van der Waals surface area (Å²) >= 11 is 0. The quantitative estimate of drug-likeness (QED) is 0.842. The van der Waals surface area contributed by atoms with Crippen LogP contribution in [-0.2, 0) is 4.79 Å². The van der Waals surface area contributed by atoms with Crippen LogP contribution in [0, 0.1) is 6.92 Å². The maximum Gasteiger partial charge on any atom is 0.244 e. The highest BCUT2D eigenvalue weighted by molar-refractivity contribution is 6.00. The molecule has 1 saturated carbocycles.